The molecule has 0 fully saturated rings. The van der Waals surface area contributed by atoms with Crippen molar-refractivity contribution in [1.29, 1.82) is 0 Å². The smallest absolute Gasteiger partial charge is 0.322 e. The molecule has 0 aliphatic heterocycles. The molecule has 0 radical (unpaired) electrons. The van der Waals surface area contributed by atoms with Crippen molar-refractivity contribution in [1.82, 2.24) is 5.32 Å². The highest BCUT2D eigenvalue weighted by atomic mass is 32.1. The number of anilines is 1. The molecule has 0 aliphatic carbocycles. The van der Waals surface area contributed by atoms with Gasteiger partial charge in [0.1, 0.15) is 6.54 Å². The monoisotopic (exact) mass is 344 g/mol. The van der Waals surface area contributed by atoms with Crippen molar-refractivity contribution in [3.63, 3.8) is 0 Å². The van der Waals surface area contributed by atoms with E-state index in [1.54, 1.807) is 29.5 Å². The van der Waals surface area contributed by atoms with Gasteiger partial charge in [-0.2, -0.15) is 0 Å². The molecule has 7 heteroatoms. The van der Waals surface area contributed by atoms with E-state index in [-0.39, 0.29) is 11.5 Å². The molecule has 2 aromatic rings. The lowest BCUT2D eigenvalue weighted by molar-refractivity contribution is -0.135. The van der Waals surface area contributed by atoms with Gasteiger partial charge in [-0.25, -0.2) is 0 Å². The van der Waals surface area contributed by atoms with Crippen LogP contribution < -0.4 is 10.6 Å². The maximum Gasteiger partial charge on any atom is 0.322 e. The number of carboxylic acid groups (broad SMARTS) is 1. The first-order valence-electron chi connectivity index (χ1n) is 7.09. The van der Waals surface area contributed by atoms with Crippen molar-refractivity contribution < 1.29 is 19.5 Å². The van der Waals surface area contributed by atoms with Gasteiger partial charge in [-0.15, -0.1) is 11.3 Å². The number of nitrogens with one attached hydrogen (secondary N) is 2. The molecule has 6 nitrogen and oxygen atoms in total. The number of carbonyl (C=O) groups excluding carboxylic acids is 2. The molecule has 1 heterocycles. The van der Waals surface area contributed by atoms with Gasteiger partial charge in [0.15, 0.2) is 0 Å². The van der Waals surface area contributed by atoms with Gasteiger partial charge in [0.05, 0.1) is 0 Å². The van der Waals surface area contributed by atoms with Crippen LogP contribution in [0.15, 0.2) is 42.5 Å². The number of hydrogen-bond donors (Lipinski definition) is 3. The minimum absolute atomic E-state index is 0.270. The minimum Gasteiger partial charge on any atom is -0.480 e. The van der Waals surface area contributed by atoms with Crippen molar-refractivity contribution in [2.45, 2.75) is 6.92 Å². The van der Waals surface area contributed by atoms with Crippen LogP contribution in [0.2, 0.25) is 0 Å². The highest BCUT2D eigenvalue weighted by molar-refractivity contribution is 7.12. The second-order valence-electron chi connectivity index (χ2n) is 4.93. The average molecular weight is 344 g/mol. The lowest BCUT2D eigenvalue weighted by atomic mass is 10.2. The Hall–Kier alpha value is -2.93. The first-order chi connectivity index (χ1) is 11.4. The molecule has 1 aromatic heterocycles. The Labute approximate surface area is 142 Å². The first kappa shape index (κ1) is 17.4. The van der Waals surface area contributed by atoms with Gasteiger partial charge in [0, 0.05) is 27.1 Å². The summed E-state index contributed by atoms with van der Waals surface area (Å²) in [4.78, 5) is 36.3. The highest BCUT2D eigenvalue weighted by Gasteiger charge is 2.08. The zero-order valence-electron chi connectivity index (χ0n) is 12.9. The van der Waals surface area contributed by atoms with Crippen LogP contribution in [-0.2, 0) is 9.59 Å². The van der Waals surface area contributed by atoms with Crippen LogP contribution >= 0.6 is 11.3 Å². The van der Waals surface area contributed by atoms with Gasteiger partial charge in [-0.05, 0) is 43.3 Å². The Bertz CT molecular complexity index is 795. The molecule has 24 heavy (non-hydrogen) atoms. The molecular weight excluding hydrogens is 328 g/mol. The molecule has 1 aromatic carbocycles. The SMILES string of the molecule is Cc1ccc(C=CC(=O)Nc2cccc(C(=O)NCC(=O)O)c2)s1. The molecule has 0 unspecified atom stereocenters. The standard InChI is InChI=1S/C17H16N2O4S/c1-11-5-6-14(24-11)7-8-15(20)19-13-4-2-3-12(9-13)17(23)18-10-16(21)22/h2-9H,10H2,1H3,(H,18,23)(H,19,20)(H,21,22). The molecule has 0 saturated carbocycles. The van der Waals surface area contributed by atoms with E-state index in [4.69, 9.17) is 5.11 Å². The zero-order chi connectivity index (χ0) is 17.5. The Morgan fingerprint density at radius 1 is 1.21 bits per heavy atom. The van der Waals surface area contributed by atoms with Crippen LogP contribution in [0.5, 0.6) is 0 Å². The summed E-state index contributed by atoms with van der Waals surface area (Å²) >= 11 is 1.58. The minimum atomic E-state index is -1.12. The van der Waals surface area contributed by atoms with Crippen LogP contribution in [0.4, 0.5) is 5.69 Å². The third-order valence-corrected chi connectivity index (χ3v) is 3.92. The summed E-state index contributed by atoms with van der Waals surface area (Å²) in [6.07, 6.45) is 3.14. The maximum atomic E-state index is 11.9. The summed E-state index contributed by atoms with van der Waals surface area (Å²) in [6.45, 7) is 1.53. The molecular formula is C17H16N2O4S. The molecule has 2 amide bonds. The molecule has 124 valence electrons. The van der Waals surface area contributed by atoms with Crippen LogP contribution in [0, 0.1) is 6.92 Å². The number of rotatable bonds is 6. The van der Waals surface area contributed by atoms with Crippen molar-refractivity contribution in [3.8, 4) is 0 Å². The van der Waals surface area contributed by atoms with E-state index in [1.165, 1.54) is 18.2 Å². The summed E-state index contributed by atoms with van der Waals surface area (Å²) in [5.74, 6) is -1.95. The molecule has 0 spiro atoms. The van der Waals surface area contributed by atoms with Gasteiger partial charge in [0.2, 0.25) is 5.91 Å². The van der Waals surface area contributed by atoms with Crippen LogP contribution in [0.3, 0.4) is 0 Å². The average Bonchev–Trinajstić information content (AvgIpc) is 2.96. The van der Waals surface area contributed by atoms with Crippen molar-refractivity contribution in [2.24, 2.45) is 0 Å². The van der Waals surface area contributed by atoms with Crippen LogP contribution in [-0.4, -0.2) is 29.4 Å². The Morgan fingerprint density at radius 2 is 2.00 bits per heavy atom. The summed E-state index contributed by atoms with van der Waals surface area (Å²) in [7, 11) is 0. The third-order valence-electron chi connectivity index (χ3n) is 2.95. The quantitative estimate of drug-likeness (QED) is 0.702. The Kier molecular flexibility index (Phi) is 5.86. The van der Waals surface area contributed by atoms with E-state index < -0.39 is 18.4 Å². The summed E-state index contributed by atoms with van der Waals surface area (Å²) in [5.41, 5.74) is 0.724. The van der Waals surface area contributed by atoms with Gasteiger partial charge in [-0.1, -0.05) is 6.07 Å². The summed E-state index contributed by atoms with van der Waals surface area (Å²) < 4.78 is 0. The first-order valence-corrected chi connectivity index (χ1v) is 7.91. The van der Waals surface area contributed by atoms with E-state index >= 15 is 0 Å². The fourth-order valence-electron chi connectivity index (χ4n) is 1.88. The number of aryl methyl sites for hydroxylation is 1. The Balaban J connectivity index is 1.98. The maximum absolute atomic E-state index is 11.9. The molecule has 0 saturated heterocycles. The predicted octanol–water partition coefficient (Wildman–Crippen LogP) is 2.52. The van der Waals surface area contributed by atoms with E-state index in [2.05, 4.69) is 10.6 Å². The number of amides is 2. The number of carboxylic acids is 1. The van der Waals surface area contributed by atoms with Gasteiger partial charge >= 0.3 is 5.97 Å². The number of hydrogen-bond acceptors (Lipinski definition) is 4. The lowest BCUT2D eigenvalue weighted by Gasteiger charge is -2.06. The number of thiophene rings is 1. The normalized spacial score (nSPS) is 10.5. The number of carbonyl (C=O) groups is 3. The second kappa shape index (κ2) is 8.07. The number of benzene rings is 1. The molecule has 2 rings (SSSR count). The van der Waals surface area contributed by atoms with Gasteiger partial charge in [-0.3, -0.25) is 14.4 Å². The molecule has 3 N–H and O–H groups in total. The molecule has 0 aliphatic rings. The highest BCUT2D eigenvalue weighted by Crippen LogP contribution is 2.16. The lowest BCUT2D eigenvalue weighted by Crippen LogP contribution is -2.29. The Morgan fingerprint density at radius 3 is 2.67 bits per heavy atom. The van der Waals surface area contributed by atoms with Crippen molar-refractivity contribution in [3.05, 3.63) is 57.8 Å². The fraction of sp³-hybridized carbons (Fsp3) is 0.118. The van der Waals surface area contributed by atoms with Crippen LogP contribution in [0.25, 0.3) is 6.08 Å². The predicted molar refractivity (Wildman–Crippen MR) is 93.1 cm³/mol. The zero-order valence-corrected chi connectivity index (χ0v) is 13.7. The van der Waals surface area contributed by atoms with Crippen LogP contribution in [0.1, 0.15) is 20.1 Å². The van der Waals surface area contributed by atoms with E-state index in [1.807, 2.05) is 19.1 Å². The van der Waals surface area contributed by atoms with Gasteiger partial charge in [0.25, 0.3) is 5.91 Å². The van der Waals surface area contributed by atoms with E-state index in [0.717, 1.165) is 9.75 Å². The largest absolute Gasteiger partial charge is 0.480 e. The van der Waals surface area contributed by atoms with E-state index in [0.29, 0.717) is 5.69 Å². The summed E-state index contributed by atoms with van der Waals surface area (Å²) in [5, 5.41) is 13.5. The second-order valence-corrected chi connectivity index (χ2v) is 6.25. The number of aliphatic carboxylic acids is 1. The molecule has 0 atom stereocenters. The summed E-state index contributed by atoms with van der Waals surface area (Å²) in [6, 6.07) is 10.2. The third kappa shape index (κ3) is 5.36. The fourth-order valence-corrected chi connectivity index (χ4v) is 2.66. The van der Waals surface area contributed by atoms with E-state index in [9.17, 15) is 14.4 Å². The van der Waals surface area contributed by atoms with Crippen molar-refractivity contribution in [2.75, 3.05) is 11.9 Å². The van der Waals surface area contributed by atoms with Crippen molar-refractivity contribution >= 4 is 40.9 Å². The molecule has 0 bridgehead atoms. The van der Waals surface area contributed by atoms with Gasteiger partial charge < -0.3 is 15.7 Å². The topological polar surface area (TPSA) is 95.5 Å².